The van der Waals surface area contributed by atoms with Gasteiger partial charge in [0.05, 0.1) is 24.9 Å². The number of hydrogen-bond donors (Lipinski definition) is 2. The van der Waals surface area contributed by atoms with Crippen LogP contribution in [-0.2, 0) is 6.54 Å². The highest BCUT2D eigenvalue weighted by molar-refractivity contribution is 5.96. The van der Waals surface area contributed by atoms with E-state index in [0.29, 0.717) is 53.9 Å². The van der Waals surface area contributed by atoms with Crippen molar-refractivity contribution in [1.29, 1.82) is 5.26 Å². The summed E-state index contributed by atoms with van der Waals surface area (Å²) in [6, 6.07) is 12.6. The Kier molecular flexibility index (Phi) is 7.79. The Hall–Kier alpha value is -5.09. The summed E-state index contributed by atoms with van der Waals surface area (Å²) in [5.41, 5.74) is 3.03. The van der Waals surface area contributed by atoms with Crippen molar-refractivity contribution in [3.8, 4) is 28.7 Å². The Balaban J connectivity index is 1.28. The van der Waals surface area contributed by atoms with E-state index in [1.54, 1.807) is 52.3 Å². The number of nitrogens with one attached hydrogen (secondary N) is 1. The van der Waals surface area contributed by atoms with Gasteiger partial charge in [0, 0.05) is 49.1 Å². The van der Waals surface area contributed by atoms with E-state index in [1.165, 1.54) is 13.4 Å². The van der Waals surface area contributed by atoms with Crippen LogP contribution in [0.2, 0.25) is 0 Å². The lowest BCUT2D eigenvalue weighted by molar-refractivity contribution is 0.0361. The molecule has 3 heterocycles. The molecule has 2 aromatic carbocycles. The lowest BCUT2D eigenvalue weighted by atomic mass is 10.00. The number of ether oxygens (including phenoxy) is 2. The van der Waals surface area contributed by atoms with Gasteiger partial charge >= 0.3 is 0 Å². The molecule has 0 radical (unpaired) electrons. The van der Waals surface area contributed by atoms with E-state index in [0.717, 1.165) is 11.1 Å². The van der Waals surface area contributed by atoms with Crippen molar-refractivity contribution in [1.82, 2.24) is 35.1 Å². The summed E-state index contributed by atoms with van der Waals surface area (Å²) >= 11 is 0. The first-order chi connectivity index (χ1) is 19.5. The number of benzene rings is 2. The first-order valence-corrected chi connectivity index (χ1v) is 12.6. The SMILES string of the molecule is COc1cc(C(=O)N2CC(CO)C2)ccc1Nc1ncc(-c2ccc(C#N)c(OC(C)Cn3cnnn3)c2)cn1. The number of rotatable bonds is 10. The molecule has 2 N–H and O–H groups in total. The van der Waals surface area contributed by atoms with Crippen LogP contribution in [0.5, 0.6) is 11.5 Å². The van der Waals surface area contributed by atoms with E-state index in [4.69, 9.17) is 9.47 Å². The molecule has 1 amide bonds. The molecule has 1 aliphatic heterocycles. The summed E-state index contributed by atoms with van der Waals surface area (Å²) in [6.07, 6.45) is 4.54. The normalized spacial score (nSPS) is 13.7. The van der Waals surface area contributed by atoms with Gasteiger partial charge in [0.15, 0.2) is 0 Å². The number of methoxy groups -OCH3 is 1. The number of anilines is 2. The molecule has 0 aliphatic carbocycles. The molecule has 4 aromatic rings. The second kappa shape index (κ2) is 11.7. The molecular formula is C27H27N9O4. The van der Waals surface area contributed by atoms with Crippen molar-refractivity contribution < 1.29 is 19.4 Å². The second-order valence-electron chi connectivity index (χ2n) is 9.38. The number of aliphatic hydroxyl groups is 1. The molecule has 2 aromatic heterocycles. The summed E-state index contributed by atoms with van der Waals surface area (Å²) in [5, 5.41) is 32.9. The molecular weight excluding hydrogens is 514 g/mol. The number of carbonyl (C=O) groups is 1. The van der Waals surface area contributed by atoms with E-state index < -0.39 is 0 Å². The van der Waals surface area contributed by atoms with Crippen LogP contribution in [0.25, 0.3) is 11.1 Å². The van der Waals surface area contributed by atoms with Crippen LogP contribution in [0, 0.1) is 17.2 Å². The Morgan fingerprint density at radius 3 is 2.65 bits per heavy atom. The number of tetrazole rings is 1. The zero-order valence-corrected chi connectivity index (χ0v) is 21.9. The number of carbonyl (C=O) groups excluding carboxylic acids is 1. The summed E-state index contributed by atoms with van der Waals surface area (Å²) in [4.78, 5) is 23.2. The molecule has 1 saturated heterocycles. The van der Waals surface area contributed by atoms with Crippen molar-refractivity contribution in [2.75, 3.05) is 32.1 Å². The minimum absolute atomic E-state index is 0.0804. The van der Waals surface area contributed by atoms with Crippen LogP contribution in [0.4, 0.5) is 11.6 Å². The molecule has 1 unspecified atom stereocenters. The molecule has 13 heteroatoms. The number of aliphatic hydroxyl groups excluding tert-OH is 1. The first-order valence-electron chi connectivity index (χ1n) is 12.6. The standard InChI is InChI=1S/C27H27N9O4/c1-17(12-36-16-31-33-34-36)40-24-7-19(3-4-21(24)9-28)22-10-29-27(30-11-22)32-23-6-5-20(8-25(23)39-2)26(38)35-13-18(14-35)15-37/h3-8,10-11,16-18,37H,12-15H2,1-2H3,(H,29,30,32). The zero-order chi connectivity index (χ0) is 28.1. The third-order valence-electron chi connectivity index (χ3n) is 6.45. The van der Waals surface area contributed by atoms with E-state index >= 15 is 0 Å². The fourth-order valence-electron chi connectivity index (χ4n) is 4.30. The molecule has 0 spiro atoms. The van der Waals surface area contributed by atoms with Crippen molar-refractivity contribution in [3.05, 3.63) is 66.2 Å². The molecule has 1 atom stereocenters. The van der Waals surface area contributed by atoms with Crippen molar-refractivity contribution in [3.63, 3.8) is 0 Å². The van der Waals surface area contributed by atoms with E-state index in [1.807, 2.05) is 13.0 Å². The fraction of sp³-hybridized carbons (Fsp3) is 0.296. The second-order valence-corrected chi connectivity index (χ2v) is 9.38. The van der Waals surface area contributed by atoms with Gasteiger partial charge in [-0.25, -0.2) is 14.6 Å². The van der Waals surface area contributed by atoms with Gasteiger partial charge in [-0.05, 0) is 53.2 Å². The summed E-state index contributed by atoms with van der Waals surface area (Å²) in [5.74, 6) is 1.29. The maximum Gasteiger partial charge on any atom is 0.254 e. The molecule has 1 fully saturated rings. The molecule has 1 aliphatic rings. The first kappa shape index (κ1) is 26.5. The predicted molar refractivity (Wildman–Crippen MR) is 143 cm³/mol. The van der Waals surface area contributed by atoms with E-state index in [9.17, 15) is 15.2 Å². The molecule has 13 nitrogen and oxygen atoms in total. The van der Waals surface area contributed by atoms with E-state index in [2.05, 4.69) is 36.9 Å². The van der Waals surface area contributed by atoms with Crippen molar-refractivity contribution in [2.45, 2.75) is 19.6 Å². The van der Waals surface area contributed by atoms with Crippen LogP contribution >= 0.6 is 0 Å². The average molecular weight is 542 g/mol. The lowest BCUT2D eigenvalue weighted by Crippen LogP contribution is -2.51. The van der Waals surface area contributed by atoms with Crippen LogP contribution in [0.3, 0.4) is 0 Å². The largest absolute Gasteiger partial charge is 0.495 e. The fourth-order valence-corrected chi connectivity index (χ4v) is 4.30. The number of likely N-dealkylation sites (tertiary alicyclic amines) is 1. The van der Waals surface area contributed by atoms with Crippen molar-refractivity contribution >= 4 is 17.5 Å². The highest BCUT2D eigenvalue weighted by atomic mass is 16.5. The van der Waals surface area contributed by atoms with Gasteiger partial charge in [0.1, 0.15) is 30.0 Å². The number of hydrogen-bond acceptors (Lipinski definition) is 11. The Morgan fingerprint density at radius 2 is 1.98 bits per heavy atom. The molecule has 40 heavy (non-hydrogen) atoms. The van der Waals surface area contributed by atoms with E-state index in [-0.39, 0.29) is 24.5 Å². The van der Waals surface area contributed by atoms with Crippen LogP contribution in [-0.4, -0.2) is 79.0 Å². The molecule has 5 rings (SSSR count). The van der Waals surface area contributed by atoms with Gasteiger partial charge in [-0.15, -0.1) is 5.10 Å². The molecule has 0 bridgehead atoms. The maximum absolute atomic E-state index is 12.7. The van der Waals surface area contributed by atoms with Gasteiger partial charge in [-0.3, -0.25) is 4.79 Å². The monoisotopic (exact) mass is 541 g/mol. The average Bonchev–Trinajstić information content (AvgIpc) is 3.46. The Labute approximate surface area is 230 Å². The van der Waals surface area contributed by atoms with Crippen LogP contribution in [0.1, 0.15) is 22.8 Å². The minimum atomic E-state index is -0.284. The molecule has 204 valence electrons. The Bertz CT molecular complexity index is 1510. The summed E-state index contributed by atoms with van der Waals surface area (Å²) in [6.45, 7) is 3.46. The lowest BCUT2D eigenvalue weighted by Gasteiger charge is -2.38. The summed E-state index contributed by atoms with van der Waals surface area (Å²) in [7, 11) is 1.53. The highest BCUT2D eigenvalue weighted by Crippen LogP contribution is 2.31. The number of nitrogens with zero attached hydrogens (tertiary/aromatic N) is 8. The predicted octanol–water partition coefficient (Wildman–Crippen LogP) is 2.29. The van der Waals surface area contributed by atoms with Gasteiger partial charge in [0.2, 0.25) is 5.95 Å². The third-order valence-corrected chi connectivity index (χ3v) is 6.45. The van der Waals surface area contributed by atoms with Gasteiger partial charge in [0.25, 0.3) is 5.91 Å². The summed E-state index contributed by atoms with van der Waals surface area (Å²) < 4.78 is 13.1. The smallest absolute Gasteiger partial charge is 0.254 e. The number of aromatic nitrogens is 6. The number of amides is 1. The van der Waals surface area contributed by atoms with Crippen LogP contribution < -0.4 is 14.8 Å². The van der Waals surface area contributed by atoms with Gasteiger partial charge in [-0.2, -0.15) is 5.26 Å². The highest BCUT2D eigenvalue weighted by Gasteiger charge is 2.30. The number of nitriles is 1. The maximum atomic E-state index is 12.7. The Morgan fingerprint density at radius 1 is 1.18 bits per heavy atom. The van der Waals surface area contributed by atoms with Crippen LogP contribution in [0.15, 0.2) is 55.1 Å². The zero-order valence-electron chi connectivity index (χ0n) is 21.9. The van der Waals surface area contributed by atoms with Gasteiger partial charge < -0.3 is 24.8 Å². The molecule has 0 saturated carbocycles. The van der Waals surface area contributed by atoms with Crippen molar-refractivity contribution in [2.24, 2.45) is 5.92 Å². The van der Waals surface area contributed by atoms with Gasteiger partial charge in [-0.1, -0.05) is 6.07 Å². The third kappa shape index (κ3) is 5.82. The topological polar surface area (TPSA) is 164 Å². The minimum Gasteiger partial charge on any atom is -0.495 e. The quantitative estimate of drug-likeness (QED) is 0.303.